The molecule has 8 nitrogen and oxygen atoms in total. The van der Waals surface area contributed by atoms with Crippen LogP contribution >= 0.6 is 0 Å². The number of esters is 1. The minimum Gasteiger partial charge on any atom is -0.458 e. The molecule has 0 aromatic heterocycles. The van der Waals surface area contributed by atoms with Crippen molar-refractivity contribution in [1.82, 2.24) is 0 Å². The highest BCUT2D eigenvalue weighted by atomic mass is 16.7. The largest absolute Gasteiger partial charge is 0.458 e. The first-order chi connectivity index (χ1) is 17.1. The van der Waals surface area contributed by atoms with Gasteiger partial charge in [0.05, 0.1) is 24.4 Å². The van der Waals surface area contributed by atoms with Crippen LogP contribution in [0.15, 0.2) is 11.6 Å². The van der Waals surface area contributed by atoms with E-state index in [4.69, 9.17) is 19.9 Å². The van der Waals surface area contributed by atoms with Crippen molar-refractivity contribution in [2.45, 2.75) is 108 Å². The van der Waals surface area contributed by atoms with Gasteiger partial charge in [0.2, 0.25) is 0 Å². The summed E-state index contributed by atoms with van der Waals surface area (Å²) in [5.74, 6) is 1.22. The fraction of sp³-hybridized carbons (Fsp3) is 0.893. The van der Waals surface area contributed by atoms with Crippen molar-refractivity contribution >= 4 is 5.97 Å². The molecule has 7 unspecified atom stereocenters. The highest BCUT2D eigenvalue weighted by Crippen LogP contribution is 2.70. The van der Waals surface area contributed by atoms with Crippen LogP contribution in [0.2, 0.25) is 0 Å². The molecule has 5 fully saturated rings. The van der Waals surface area contributed by atoms with Crippen molar-refractivity contribution in [3.8, 4) is 0 Å². The van der Waals surface area contributed by atoms with Crippen LogP contribution < -0.4 is 5.73 Å². The molecule has 36 heavy (non-hydrogen) atoms. The second kappa shape index (κ2) is 8.75. The Kier molecular flexibility index (Phi) is 6.14. The van der Waals surface area contributed by atoms with Gasteiger partial charge in [-0.3, -0.25) is 0 Å². The highest BCUT2D eigenvalue weighted by Gasteiger charge is 2.67. The lowest BCUT2D eigenvalue weighted by molar-refractivity contribution is -0.274. The molecule has 0 aromatic rings. The zero-order valence-electron chi connectivity index (χ0n) is 21.6. The van der Waals surface area contributed by atoms with Gasteiger partial charge >= 0.3 is 5.97 Å². The summed E-state index contributed by atoms with van der Waals surface area (Å²) >= 11 is 0. The molecule has 2 aliphatic heterocycles. The van der Waals surface area contributed by atoms with E-state index < -0.39 is 30.1 Å². The molecule has 0 spiro atoms. The van der Waals surface area contributed by atoms with E-state index in [2.05, 4.69) is 13.8 Å². The minimum atomic E-state index is -1.13. The van der Waals surface area contributed by atoms with Gasteiger partial charge < -0.3 is 35.3 Å². The van der Waals surface area contributed by atoms with E-state index in [1.165, 1.54) is 0 Å². The van der Waals surface area contributed by atoms with Crippen LogP contribution in [0.5, 0.6) is 0 Å². The first-order valence-electron chi connectivity index (χ1n) is 14.1. The molecule has 4 saturated carbocycles. The predicted octanol–water partition coefficient (Wildman–Crippen LogP) is 2.03. The Bertz CT molecular complexity index is 926. The topological polar surface area (TPSA) is 131 Å². The zero-order valence-corrected chi connectivity index (χ0v) is 21.6. The van der Waals surface area contributed by atoms with Crippen LogP contribution in [0, 0.1) is 34.5 Å². The van der Waals surface area contributed by atoms with E-state index in [1.54, 1.807) is 6.08 Å². The van der Waals surface area contributed by atoms with Crippen molar-refractivity contribution in [3.63, 3.8) is 0 Å². The highest BCUT2D eigenvalue weighted by molar-refractivity contribution is 5.85. The van der Waals surface area contributed by atoms with Gasteiger partial charge in [-0.05, 0) is 92.4 Å². The van der Waals surface area contributed by atoms with Crippen LogP contribution in [0.1, 0.15) is 71.6 Å². The average molecular weight is 506 g/mol. The lowest BCUT2D eigenvalue weighted by atomic mass is 9.43. The average Bonchev–Trinajstić information content (AvgIpc) is 3.39. The number of aliphatic hydroxyl groups excluding tert-OH is 2. The quantitative estimate of drug-likeness (QED) is 0.339. The molecule has 1 saturated heterocycles. The second-order valence-corrected chi connectivity index (χ2v) is 13.2. The van der Waals surface area contributed by atoms with E-state index in [1.807, 2.05) is 0 Å². The third kappa shape index (κ3) is 3.58. The summed E-state index contributed by atoms with van der Waals surface area (Å²) in [6.45, 7) is 5.26. The normalized spacial score (nSPS) is 54.8. The van der Waals surface area contributed by atoms with Crippen LogP contribution in [-0.2, 0) is 19.0 Å². The van der Waals surface area contributed by atoms with Crippen LogP contribution in [0.3, 0.4) is 0 Å². The summed E-state index contributed by atoms with van der Waals surface area (Å²) in [5, 5.41) is 32.9. The Hall–Kier alpha value is -1.03. The lowest BCUT2D eigenvalue weighted by Crippen LogP contribution is -2.62. The van der Waals surface area contributed by atoms with Crippen molar-refractivity contribution in [1.29, 1.82) is 0 Å². The van der Waals surface area contributed by atoms with Gasteiger partial charge in [-0.25, -0.2) is 4.79 Å². The van der Waals surface area contributed by atoms with Gasteiger partial charge in [-0.15, -0.1) is 0 Å². The smallest absolute Gasteiger partial charge is 0.331 e. The molecule has 2 heterocycles. The van der Waals surface area contributed by atoms with Crippen molar-refractivity contribution in [3.05, 3.63) is 11.6 Å². The minimum absolute atomic E-state index is 0.0135. The van der Waals surface area contributed by atoms with Crippen molar-refractivity contribution in [2.24, 2.45) is 40.2 Å². The van der Waals surface area contributed by atoms with E-state index in [0.717, 1.165) is 63.4 Å². The SMILES string of the molecule is C[C@]12CC[C@H](OC3OCC(N)C(O)C3O)CC1CCC1C2CC[C@]2(C)[C@@H](C3=CC(=O)OC3)CC[C@]12O. The molecule has 4 aliphatic carbocycles. The number of aliphatic hydroxyl groups is 3. The van der Waals surface area contributed by atoms with Gasteiger partial charge in [-0.1, -0.05) is 13.8 Å². The van der Waals surface area contributed by atoms with E-state index in [0.29, 0.717) is 18.4 Å². The number of carbonyl (C=O) groups is 1. The van der Waals surface area contributed by atoms with Crippen molar-refractivity contribution < 1.29 is 34.3 Å². The number of hydrogen-bond donors (Lipinski definition) is 4. The van der Waals surface area contributed by atoms with Crippen LogP contribution in [-0.4, -0.2) is 70.7 Å². The Morgan fingerprint density at radius 1 is 1.03 bits per heavy atom. The maximum atomic E-state index is 12.4. The number of rotatable bonds is 3. The van der Waals surface area contributed by atoms with Gasteiger partial charge in [0.15, 0.2) is 6.29 Å². The standard InChI is InChI=1S/C28H43NO7/c1-26-8-5-17(36-25-24(32)23(31)21(29)14-35-25)12-16(26)3-4-20-19(26)6-9-27(2)18(7-10-28(20,27)33)15-11-22(30)34-13-15/h11,16-21,23-25,31-33H,3-10,12-14,29H2,1-2H3/t16?,17-,18+,19?,20?,21?,23?,24?,25?,26-,27+,28-/m0/s1. The maximum Gasteiger partial charge on any atom is 0.331 e. The lowest BCUT2D eigenvalue weighted by Gasteiger charge is -2.64. The molecule has 6 rings (SSSR count). The van der Waals surface area contributed by atoms with Crippen LogP contribution in [0.4, 0.5) is 0 Å². The number of fused-ring (bicyclic) bond motifs is 5. The molecule has 8 heteroatoms. The van der Waals surface area contributed by atoms with E-state index in [9.17, 15) is 20.1 Å². The van der Waals surface area contributed by atoms with Gasteiger partial charge in [0.1, 0.15) is 18.8 Å². The summed E-state index contributed by atoms with van der Waals surface area (Å²) in [4.78, 5) is 11.8. The zero-order chi connectivity index (χ0) is 25.5. The molecule has 0 radical (unpaired) electrons. The fourth-order valence-electron chi connectivity index (χ4n) is 9.62. The molecular formula is C28H43NO7. The Balaban J connectivity index is 1.16. The van der Waals surface area contributed by atoms with Gasteiger partial charge in [-0.2, -0.15) is 0 Å². The Morgan fingerprint density at radius 3 is 2.58 bits per heavy atom. The summed E-state index contributed by atoms with van der Waals surface area (Å²) in [7, 11) is 0. The van der Waals surface area contributed by atoms with Crippen LogP contribution in [0.25, 0.3) is 0 Å². The molecular weight excluding hydrogens is 462 g/mol. The van der Waals surface area contributed by atoms with Crippen molar-refractivity contribution in [2.75, 3.05) is 13.2 Å². The molecule has 0 aromatic carbocycles. The first kappa shape index (κ1) is 25.3. The molecule has 0 bridgehead atoms. The van der Waals surface area contributed by atoms with E-state index >= 15 is 0 Å². The van der Waals surface area contributed by atoms with Gasteiger partial charge in [0, 0.05) is 11.5 Å². The Labute approximate surface area is 213 Å². The third-order valence-electron chi connectivity index (χ3n) is 11.8. The third-order valence-corrected chi connectivity index (χ3v) is 11.8. The summed E-state index contributed by atoms with van der Waals surface area (Å²) in [6.07, 6.45) is 7.37. The molecule has 202 valence electrons. The summed E-state index contributed by atoms with van der Waals surface area (Å²) in [5.41, 5.74) is 6.11. The molecule has 5 N–H and O–H groups in total. The molecule has 0 amide bonds. The first-order valence-corrected chi connectivity index (χ1v) is 14.1. The molecule has 6 aliphatic rings. The van der Waals surface area contributed by atoms with E-state index in [-0.39, 0.29) is 41.3 Å². The number of carbonyl (C=O) groups excluding carboxylic acids is 1. The monoisotopic (exact) mass is 505 g/mol. The number of hydrogen-bond acceptors (Lipinski definition) is 8. The summed E-state index contributed by atoms with van der Waals surface area (Å²) < 4.78 is 17.1. The van der Waals surface area contributed by atoms with Gasteiger partial charge in [0.25, 0.3) is 0 Å². The molecule has 12 atom stereocenters. The Morgan fingerprint density at radius 2 is 1.83 bits per heavy atom. The predicted molar refractivity (Wildman–Crippen MR) is 130 cm³/mol. The number of ether oxygens (including phenoxy) is 3. The second-order valence-electron chi connectivity index (χ2n) is 13.2. The fourth-order valence-corrected chi connectivity index (χ4v) is 9.62. The number of cyclic esters (lactones) is 1. The summed E-state index contributed by atoms with van der Waals surface area (Å²) in [6, 6.07) is -0.597. The number of nitrogens with two attached hydrogens (primary N) is 1. The maximum absolute atomic E-state index is 12.4.